The zero-order valence-electron chi connectivity index (χ0n) is 5.79. The molecule has 3 nitrogen and oxygen atoms in total. The van der Waals surface area contributed by atoms with E-state index < -0.39 is 15.8 Å². The zero-order chi connectivity index (χ0) is 9.19. The molecule has 0 aromatic heterocycles. The van der Waals surface area contributed by atoms with Gasteiger partial charge in [-0.25, -0.2) is 12.8 Å². The van der Waals surface area contributed by atoms with Gasteiger partial charge in [-0.1, -0.05) is 0 Å². The minimum absolute atomic E-state index is 0. The molecular weight excluding hydrogens is 228 g/mol. The van der Waals surface area contributed by atoms with Crippen molar-refractivity contribution in [3.8, 4) is 0 Å². The van der Waals surface area contributed by atoms with Crippen molar-refractivity contribution >= 4 is 51.4 Å². The fourth-order valence-electron chi connectivity index (χ4n) is 0.658. The number of rotatable bonds is 2. The second-order valence-electron chi connectivity index (χ2n) is 2.03. The number of hydrogen-bond donors (Lipinski definition) is 1. The van der Waals surface area contributed by atoms with Gasteiger partial charge in [0.2, 0.25) is 0 Å². The van der Waals surface area contributed by atoms with Crippen molar-refractivity contribution in [2.75, 3.05) is 0 Å². The summed E-state index contributed by atoms with van der Waals surface area (Å²) >= 11 is 4.94. The van der Waals surface area contributed by atoms with Gasteiger partial charge in [-0.15, -0.1) is 4.24 Å². The summed E-state index contributed by atoms with van der Waals surface area (Å²) < 4.78 is 35.8. The van der Waals surface area contributed by atoms with Gasteiger partial charge >= 0.3 is 29.6 Å². The first-order valence-electron chi connectivity index (χ1n) is 2.94. The van der Waals surface area contributed by atoms with Gasteiger partial charge < -0.3 is 0 Å². The third-order valence-corrected chi connectivity index (χ3v) is 2.93. The van der Waals surface area contributed by atoms with Gasteiger partial charge in [0.25, 0.3) is 10.0 Å². The van der Waals surface area contributed by atoms with Crippen LogP contribution in [0.5, 0.6) is 0 Å². The maximum absolute atomic E-state index is 12.3. The van der Waals surface area contributed by atoms with Crippen molar-refractivity contribution < 1.29 is 12.8 Å². The summed E-state index contributed by atoms with van der Waals surface area (Å²) in [6.07, 6.45) is 0. The van der Waals surface area contributed by atoms with Crippen LogP contribution in [0.15, 0.2) is 29.2 Å². The summed E-state index contributed by atoms with van der Waals surface area (Å²) in [6.45, 7) is 0. The van der Waals surface area contributed by atoms with Crippen LogP contribution < -0.4 is 4.24 Å². The van der Waals surface area contributed by atoms with Crippen LogP contribution in [0, 0.1) is 5.82 Å². The topological polar surface area (TPSA) is 46.2 Å². The Kier molecular flexibility index (Phi) is 5.43. The standard InChI is InChI=1S/C6H5ClFNO2S.Na.H/c7-9-12(10,11)6-3-1-5(8)2-4-6;;/h1-4,9H;;. The number of halogens is 2. The van der Waals surface area contributed by atoms with Crippen LogP contribution in [-0.4, -0.2) is 38.0 Å². The van der Waals surface area contributed by atoms with E-state index in [2.05, 4.69) is 0 Å². The van der Waals surface area contributed by atoms with Crippen LogP contribution in [-0.2, 0) is 10.0 Å². The van der Waals surface area contributed by atoms with Gasteiger partial charge in [0.05, 0.1) is 4.90 Å². The second-order valence-corrected chi connectivity index (χ2v) is 4.13. The summed E-state index contributed by atoms with van der Waals surface area (Å²) in [7, 11) is -3.67. The molecule has 68 valence electrons. The molecular formula is C6H6ClFNNaO2S. The molecule has 0 aliphatic rings. The van der Waals surface area contributed by atoms with Crippen molar-refractivity contribution in [2.45, 2.75) is 4.90 Å². The molecule has 0 amide bonds. The summed E-state index contributed by atoms with van der Waals surface area (Å²) in [5.74, 6) is -0.497. The SMILES string of the molecule is O=S(=O)(NCl)c1ccc(F)cc1.[NaH]. The first kappa shape index (κ1) is 13.4. The molecule has 0 radical (unpaired) electrons. The van der Waals surface area contributed by atoms with E-state index in [1.54, 1.807) is 4.24 Å². The van der Waals surface area contributed by atoms with Crippen molar-refractivity contribution in [1.82, 2.24) is 4.24 Å². The molecule has 1 N–H and O–H groups in total. The number of benzene rings is 1. The number of sulfonamides is 1. The van der Waals surface area contributed by atoms with Gasteiger partial charge in [-0.3, -0.25) is 0 Å². The van der Waals surface area contributed by atoms with Gasteiger partial charge in [0.1, 0.15) is 5.82 Å². The molecule has 1 aromatic rings. The van der Waals surface area contributed by atoms with Gasteiger partial charge in [-0.2, -0.15) is 0 Å². The van der Waals surface area contributed by atoms with E-state index in [9.17, 15) is 12.8 Å². The molecule has 0 spiro atoms. The van der Waals surface area contributed by atoms with E-state index in [0.29, 0.717) is 0 Å². The third-order valence-electron chi connectivity index (χ3n) is 1.23. The molecule has 0 fully saturated rings. The van der Waals surface area contributed by atoms with Crippen molar-refractivity contribution in [3.63, 3.8) is 0 Å². The van der Waals surface area contributed by atoms with E-state index in [4.69, 9.17) is 11.8 Å². The van der Waals surface area contributed by atoms with Gasteiger partial charge in [0, 0.05) is 0 Å². The third kappa shape index (κ3) is 3.53. The predicted molar refractivity (Wildman–Crippen MR) is 49.7 cm³/mol. The molecule has 0 saturated carbocycles. The van der Waals surface area contributed by atoms with Crippen molar-refractivity contribution in [2.24, 2.45) is 0 Å². The molecule has 0 atom stereocenters. The molecule has 0 unspecified atom stereocenters. The van der Waals surface area contributed by atoms with E-state index in [1.807, 2.05) is 0 Å². The second kappa shape index (κ2) is 5.29. The first-order valence-corrected chi connectivity index (χ1v) is 4.80. The van der Waals surface area contributed by atoms with Crippen LogP contribution in [0.25, 0.3) is 0 Å². The maximum atomic E-state index is 12.3. The van der Waals surface area contributed by atoms with E-state index in [-0.39, 0.29) is 34.5 Å². The summed E-state index contributed by atoms with van der Waals surface area (Å²) in [5, 5.41) is 0. The molecule has 0 bridgehead atoms. The first-order chi connectivity index (χ1) is 5.56. The normalized spacial score (nSPS) is 10.6. The monoisotopic (exact) mass is 233 g/mol. The summed E-state index contributed by atoms with van der Waals surface area (Å²) in [5.41, 5.74) is 0. The Labute approximate surface area is 103 Å². The molecule has 1 rings (SSSR count). The quantitative estimate of drug-likeness (QED) is 0.601. The number of hydrogen-bond acceptors (Lipinski definition) is 2. The summed E-state index contributed by atoms with van der Waals surface area (Å²) in [4.78, 5) is -0.0705. The fraction of sp³-hybridized carbons (Fsp3) is 0. The van der Waals surface area contributed by atoms with Gasteiger partial charge in [0.15, 0.2) is 0 Å². The Morgan fingerprint density at radius 3 is 2.08 bits per heavy atom. The zero-order valence-corrected chi connectivity index (χ0v) is 7.36. The molecule has 0 heterocycles. The molecule has 0 aliphatic heterocycles. The van der Waals surface area contributed by atoms with Crippen LogP contribution in [0.4, 0.5) is 4.39 Å². The minimum atomic E-state index is -3.67. The molecule has 7 heteroatoms. The molecule has 0 aliphatic carbocycles. The van der Waals surface area contributed by atoms with Crippen molar-refractivity contribution in [1.29, 1.82) is 0 Å². The fourth-order valence-corrected chi connectivity index (χ4v) is 1.51. The van der Waals surface area contributed by atoms with Gasteiger partial charge in [-0.05, 0) is 36.0 Å². The Balaban J connectivity index is 0.00000144. The van der Waals surface area contributed by atoms with E-state index in [0.717, 1.165) is 24.3 Å². The average Bonchev–Trinajstić information content (AvgIpc) is 2.05. The average molecular weight is 234 g/mol. The Hall–Kier alpha value is 0.350. The van der Waals surface area contributed by atoms with Crippen LogP contribution >= 0.6 is 11.8 Å². The Morgan fingerprint density at radius 1 is 1.23 bits per heavy atom. The van der Waals surface area contributed by atoms with Crippen LogP contribution in [0.1, 0.15) is 0 Å². The molecule has 0 saturated heterocycles. The van der Waals surface area contributed by atoms with E-state index >= 15 is 0 Å². The predicted octanol–water partition coefficient (Wildman–Crippen LogP) is 0.609. The number of nitrogens with one attached hydrogen (secondary N) is 1. The van der Waals surface area contributed by atoms with Crippen LogP contribution in [0.3, 0.4) is 0 Å². The Morgan fingerprint density at radius 2 is 1.69 bits per heavy atom. The van der Waals surface area contributed by atoms with Crippen molar-refractivity contribution in [3.05, 3.63) is 30.1 Å². The molecule has 13 heavy (non-hydrogen) atoms. The molecule has 1 aromatic carbocycles. The Bertz CT molecular complexity index is 367. The van der Waals surface area contributed by atoms with Crippen LogP contribution in [0.2, 0.25) is 0 Å². The summed E-state index contributed by atoms with van der Waals surface area (Å²) in [6, 6.07) is 4.34. The van der Waals surface area contributed by atoms with E-state index in [1.165, 1.54) is 0 Å².